The summed E-state index contributed by atoms with van der Waals surface area (Å²) in [6.45, 7) is 2.25. The van der Waals surface area contributed by atoms with Gasteiger partial charge in [-0.25, -0.2) is 4.79 Å². The van der Waals surface area contributed by atoms with E-state index in [1.165, 1.54) is 11.0 Å². The van der Waals surface area contributed by atoms with E-state index in [1.54, 1.807) is 25.1 Å². The SMILES string of the molecule is Cc1cc(C(=O)N2CCc3ccc(C(=O)O)cc32)on1. The highest BCUT2D eigenvalue weighted by Crippen LogP contribution is 2.30. The van der Waals surface area contributed by atoms with Crippen LogP contribution in [0.15, 0.2) is 28.8 Å². The van der Waals surface area contributed by atoms with Gasteiger partial charge in [0, 0.05) is 18.3 Å². The largest absolute Gasteiger partial charge is 0.478 e. The van der Waals surface area contributed by atoms with Gasteiger partial charge in [-0.05, 0) is 31.0 Å². The van der Waals surface area contributed by atoms with E-state index in [9.17, 15) is 9.59 Å². The number of hydrogen-bond acceptors (Lipinski definition) is 4. The molecule has 6 heteroatoms. The number of hydrogen-bond donors (Lipinski definition) is 1. The van der Waals surface area contributed by atoms with E-state index in [4.69, 9.17) is 9.63 Å². The zero-order chi connectivity index (χ0) is 14.3. The Morgan fingerprint density at radius 3 is 2.80 bits per heavy atom. The van der Waals surface area contributed by atoms with E-state index in [-0.39, 0.29) is 17.2 Å². The Morgan fingerprint density at radius 2 is 2.15 bits per heavy atom. The van der Waals surface area contributed by atoms with Gasteiger partial charge in [0.25, 0.3) is 5.91 Å². The lowest BCUT2D eigenvalue weighted by molar-refractivity contribution is 0.0696. The third-order valence-electron chi connectivity index (χ3n) is 3.31. The zero-order valence-electron chi connectivity index (χ0n) is 10.8. The fraction of sp³-hybridized carbons (Fsp3) is 0.214. The van der Waals surface area contributed by atoms with Crippen LogP contribution in [-0.2, 0) is 6.42 Å². The number of carbonyl (C=O) groups excluding carboxylic acids is 1. The van der Waals surface area contributed by atoms with E-state index >= 15 is 0 Å². The van der Waals surface area contributed by atoms with Gasteiger partial charge >= 0.3 is 5.97 Å². The number of aryl methyl sites for hydroxylation is 1. The molecule has 1 N–H and O–H groups in total. The van der Waals surface area contributed by atoms with Crippen molar-refractivity contribution in [1.82, 2.24) is 5.16 Å². The molecule has 0 radical (unpaired) electrons. The van der Waals surface area contributed by atoms with Gasteiger partial charge in [-0.15, -0.1) is 0 Å². The number of anilines is 1. The van der Waals surface area contributed by atoms with Crippen molar-refractivity contribution in [1.29, 1.82) is 0 Å². The lowest BCUT2D eigenvalue weighted by atomic mass is 10.1. The molecular weight excluding hydrogens is 260 g/mol. The minimum atomic E-state index is -1.01. The third-order valence-corrected chi connectivity index (χ3v) is 3.31. The molecule has 0 atom stereocenters. The number of amides is 1. The van der Waals surface area contributed by atoms with Gasteiger partial charge in [0.2, 0.25) is 5.76 Å². The third kappa shape index (κ3) is 1.95. The molecule has 1 amide bonds. The summed E-state index contributed by atoms with van der Waals surface area (Å²) >= 11 is 0. The summed E-state index contributed by atoms with van der Waals surface area (Å²) in [6.07, 6.45) is 0.702. The Bertz CT molecular complexity index is 705. The number of fused-ring (bicyclic) bond motifs is 1. The topological polar surface area (TPSA) is 83.6 Å². The first kappa shape index (κ1) is 12.4. The minimum absolute atomic E-state index is 0.163. The molecule has 102 valence electrons. The predicted octanol–water partition coefficient (Wildman–Crippen LogP) is 1.88. The number of nitrogens with zero attached hydrogens (tertiary/aromatic N) is 2. The second-order valence-corrected chi connectivity index (χ2v) is 4.69. The van der Waals surface area contributed by atoms with Crippen LogP contribution in [0.4, 0.5) is 5.69 Å². The first-order valence-corrected chi connectivity index (χ1v) is 6.17. The first-order valence-electron chi connectivity index (χ1n) is 6.17. The lowest BCUT2D eigenvalue weighted by Crippen LogP contribution is -2.28. The van der Waals surface area contributed by atoms with Gasteiger partial charge in [0.15, 0.2) is 0 Å². The summed E-state index contributed by atoms with van der Waals surface area (Å²) in [5.41, 5.74) is 2.38. The Kier molecular flexibility index (Phi) is 2.78. The van der Waals surface area contributed by atoms with Crippen molar-refractivity contribution < 1.29 is 19.2 Å². The molecule has 0 spiro atoms. The van der Waals surface area contributed by atoms with Crippen LogP contribution < -0.4 is 4.90 Å². The Morgan fingerprint density at radius 1 is 1.35 bits per heavy atom. The molecule has 2 heterocycles. The number of carboxylic acid groups (broad SMARTS) is 1. The van der Waals surface area contributed by atoms with Crippen molar-refractivity contribution >= 4 is 17.6 Å². The first-order chi connectivity index (χ1) is 9.56. The normalized spacial score (nSPS) is 13.3. The quantitative estimate of drug-likeness (QED) is 0.902. The standard InChI is InChI=1S/C14H12N2O4/c1-8-6-12(20-15-8)13(17)16-5-4-9-2-3-10(14(18)19)7-11(9)16/h2-3,6-7H,4-5H2,1H3,(H,18,19). The molecular formula is C14H12N2O4. The number of aromatic carboxylic acids is 1. The second-order valence-electron chi connectivity index (χ2n) is 4.69. The summed E-state index contributed by atoms with van der Waals surface area (Å²) in [7, 11) is 0. The van der Waals surface area contributed by atoms with E-state index in [0.717, 1.165) is 5.56 Å². The van der Waals surface area contributed by atoms with Crippen LogP contribution in [0.2, 0.25) is 0 Å². The van der Waals surface area contributed by atoms with Crippen LogP contribution in [0.5, 0.6) is 0 Å². The molecule has 0 fully saturated rings. The molecule has 1 aromatic heterocycles. The molecule has 0 bridgehead atoms. The van der Waals surface area contributed by atoms with Gasteiger partial charge in [-0.1, -0.05) is 11.2 Å². The van der Waals surface area contributed by atoms with E-state index in [1.807, 2.05) is 0 Å². The maximum absolute atomic E-state index is 12.3. The fourth-order valence-electron chi connectivity index (χ4n) is 2.32. The van der Waals surface area contributed by atoms with E-state index in [2.05, 4.69) is 5.16 Å². The number of rotatable bonds is 2. The predicted molar refractivity (Wildman–Crippen MR) is 70.0 cm³/mol. The number of benzene rings is 1. The number of aromatic nitrogens is 1. The maximum Gasteiger partial charge on any atom is 0.335 e. The number of carbonyl (C=O) groups is 2. The highest BCUT2D eigenvalue weighted by molar-refractivity contribution is 6.06. The van der Waals surface area contributed by atoms with Crippen LogP contribution in [0, 0.1) is 6.92 Å². The average molecular weight is 272 g/mol. The van der Waals surface area contributed by atoms with Crippen molar-refractivity contribution in [2.24, 2.45) is 0 Å². The fourth-order valence-corrected chi connectivity index (χ4v) is 2.32. The van der Waals surface area contributed by atoms with Crippen molar-refractivity contribution in [2.45, 2.75) is 13.3 Å². The molecule has 2 aromatic rings. The molecule has 1 aromatic carbocycles. The second kappa shape index (κ2) is 4.48. The van der Waals surface area contributed by atoms with Gasteiger partial charge in [-0.3, -0.25) is 4.79 Å². The Hall–Kier alpha value is -2.63. The molecule has 6 nitrogen and oxygen atoms in total. The Balaban J connectivity index is 1.97. The van der Waals surface area contributed by atoms with Crippen molar-refractivity contribution in [3.63, 3.8) is 0 Å². The molecule has 0 aliphatic carbocycles. The van der Waals surface area contributed by atoms with Crippen molar-refractivity contribution in [3.05, 3.63) is 46.8 Å². The summed E-state index contributed by atoms with van der Waals surface area (Å²) < 4.78 is 4.97. The van der Waals surface area contributed by atoms with Crippen LogP contribution in [0.1, 0.15) is 32.2 Å². The molecule has 1 aliphatic rings. The van der Waals surface area contributed by atoms with E-state index in [0.29, 0.717) is 24.3 Å². The highest BCUT2D eigenvalue weighted by atomic mass is 16.5. The summed E-state index contributed by atoms with van der Waals surface area (Å²) in [5.74, 6) is -1.15. The van der Waals surface area contributed by atoms with Gasteiger partial charge < -0.3 is 14.5 Å². The molecule has 0 unspecified atom stereocenters. The maximum atomic E-state index is 12.3. The minimum Gasteiger partial charge on any atom is -0.478 e. The van der Waals surface area contributed by atoms with Gasteiger partial charge in [-0.2, -0.15) is 0 Å². The summed E-state index contributed by atoms with van der Waals surface area (Å²) in [5, 5.41) is 12.7. The average Bonchev–Trinajstić information content (AvgIpc) is 3.03. The van der Waals surface area contributed by atoms with Crippen LogP contribution in [0.25, 0.3) is 0 Å². The van der Waals surface area contributed by atoms with Crippen LogP contribution in [-0.4, -0.2) is 28.7 Å². The van der Waals surface area contributed by atoms with Crippen LogP contribution in [0.3, 0.4) is 0 Å². The molecule has 20 heavy (non-hydrogen) atoms. The lowest BCUT2D eigenvalue weighted by Gasteiger charge is -2.15. The van der Waals surface area contributed by atoms with E-state index < -0.39 is 5.97 Å². The molecule has 0 saturated carbocycles. The molecule has 0 saturated heterocycles. The van der Waals surface area contributed by atoms with Crippen molar-refractivity contribution in [3.8, 4) is 0 Å². The monoisotopic (exact) mass is 272 g/mol. The Labute approximate surface area is 114 Å². The van der Waals surface area contributed by atoms with Gasteiger partial charge in [0.05, 0.1) is 11.3 Å². The van der Waals surface area contributed by atoms with Gasteiger partial charge in [0.1, 0.15) is 0 Å². The zero-order valence-corrected chi connectivity index (χ0v) is 10.8. The summed E-state index contributed by atoms with van der Waals surface area (Å²) in [4.78, 5) is 24.9. The number of carboxylic acids is 1. The van der Waals surface area contributed by atoms with Crippen molar-refractivity contribution in [2.75, 3.05) is 11.4 Å². The molecule has 1 aliphatic heterocycles. The highest BCUT2D eigenvalue weighted by Gasteiger charge is 2.28. The summed E-state index contributed by atoms with van der Waals surface area (Å²) in [6, 6.07) is 6.39. The smallest absolute Gasteiger partial charge is 0.335 e. The molecule has 3 rings (SSSR count). The van der Waals surface area contributed by atoms with Crippen LogP contribution >= 0.6 is 0 Å².